The lowest BCUT2D eigenvalue weighted by Crippen LogP contribution is -2.52. The summed E-state index contributed by atoms with van der Waals surface area (Å²) in [6.45, 7) is 5.94. The van der Waals surface area contributed by atoms with E-state index in [2.05, 4.69) is 11.9 Å². The van der Waals surface area contributed by atoms with Gasteiger partial charge in [0, 0.05) is 12.6 Å². The van der Waals surface area contributed by atoms with Crippen molar-refractivity contribution in [3.05, 3.63) is 12.7 Å². The molecule has 0 aromatic carbocycles. The molecule has 0 aromatic heterocycles. The highest BCUT2D eigenvalue weighted by molar-refractivity contribution is 5.81. The molecule has 3 atom stereocenters. The van der Waals surface area contributed by atoms with Gasteiger partial charge < -0.3 is 10.4 Å². The number of amides is 1. The van der Waals surface area contributed by atoms with Crippen LogP contribution in [0.2, 0.25) is 0 Å². The Morgan fingerprint density at radius 3 is 2.82 bits per heavy atom. The third-order valence-electron chi connectivity index (χ3n) is 3.63. The minimum absolute atomic E-state index is 0.00910. The minimum atomic E-state index is -0.302. The van der Waals surface area contributed by atoms with Gasteiger partial charge in [0.25, 0.3) is 0 Å². The highest BCUT2D eigenvalue weighted by Crippen LogP contribution is 2.23. The molecule has 1 amide bonds. The van der Waals surface area contributed by atoms with Crippen LogP contribution in [-0.2, 0) is 4.79 Å². The molecule has 0 heterocycles. The molecule has 1 rings (SSSR count). The van der Waals surface area contributed by atoms with Gasteiger partial charge in [0.1, 0.15) is 0 Å². The molecule has 4 nitrogen and oxygen atoms in total. The molecule has 0 saturated heterocycles. The molecule has 4 heteroatoms. The molecule has 1 fully saturated rings. The molecule has 98 valence electrons. The van der Waals surface area contributed by atoms with Crippen LogP contribution in [0.4, 0.5) is 0 Å². The summed E-state index contributed by atoms with van der Waals surface area (Å²) in [6, 6.07) is -0.110. The van der Waals surface area contributed by atoms with Gasteiger partial charge in [-0.2, -0.15) is 0 Å². The number of hydrogen-bond donors (Lipinski definition) is 2. The number of aliphatic hydroxyl groups excluding tert-OH is 1. The maximum absolute atomic E-state index is 11.8. The Morgan fingerprint density at radius 2 is 2.24 bits per heavy atom. The van der Waals surface area contributed by atoms with E-state index in [0.717, 1.165) is 25.7 Å². The summed E-state index contributed by atoms with van der Waals surface area (Å²) in [5.74, 6) is -0.00910. The van der Waals surface area contributed by atoms with E-state index in [-0.39, 0.29) is 24.1 Å². The first kappa shape index (κ1) is 14.2. The Hall–Kier alpha value is -0.870. The zero-order chi connectivity index (χ0) is 12.8. The lowest BCUT2D eigenvalue weighted by molar-refractivity contribution is -0.127. The van der Waals surface area contributed by atoms with Crippen LogP contribution >= 0.6 is 0 Å². The minimum Gasteiger partial charge on any atom is -0.391 e. The fourth-order valence-corrected chi connectivity index (χ4v) is 2.36. The summed E-state index contributed by atoms with van der Waals surface area (Å²) in [5.41, 5.74) is 0. The van der Waals surface area contributed by atoms with E-state index in [9.17, 15) is 9.90 Å². The van der Waals surface area contributed by atoms with Crippen LogP contribution in [0.15, 0.2) is 12.7 Å². The highest BCUT2D eigenvalue weighted by Gasteiger charge is 2.31. The first-order valence-electron chi connectivity index (χ1n) is 6.36. The largest absolute Gasteiger partial charge is 0.391 e. The average molecular weight is 240 g/mol. The van der Waals surface area contributed by atoms with E-state index in [0.29, 0.717) is 6.54 Å². The number of carbonyl (C=O) groups is 1. The molecule has 1 aliphatic rings. The van der Waals surface area contributed by atoms with Gasteiger partial charge in [-0.3, -0.25) is 9.69 Å². The molecule has 0 aliphatic heterocycles. The smallest absolute Gasteiger partial charge is 0.237 e. The van der Waals surface area contributed by atoms with Crippen molar-refractivity contribution in [1.82, 2.24) is 10.2 Å². The Bertz CT molecular complexity index is 268. The molecule has 0 radical (unpaired) electrons. The zero-order valence-corrected chi connectivity index (χ0v) is 10.9. The first-order chi connectivity index (χ1) is 8.07. The Morgan fingerprint density at radius 1 is 1.59 bits per heavy atom. The van der Waals surface area contributed by atoms with Gasteiger partial charge in [-0.05, 0) is 26.8 Å². The van der Waals surface area contributed by atoms with Gasteiger partial charge >= 0.3 is 0 Å². The van der Waals surface area contributed by atoms with Crippen LogP contribution in [0.25, 0.3) is 0 Å². The van der Waals surface area contributed by atoms with E-state index in [1.54, 1.807) is 6.08 Å². The number of nitrogens with one attached hydrogen (secondary N) is 1. The van der Waals surface area contributed by atoms with Gasteiger partial charge in [0.05, 0.1) is 12.1 Å². The summed E-state index contributed by atoms with van der Waals surface area (Å²) in [4.78, 5) is 13.8. The second-order valence-corrected chi connectivity index (χ2v) is 4.79. The number of carbonyl (C=O) groups excluding carboxylic acids is 1. The predicted molar refractivity (Wildman–Crippen MR) is 68.7 cm³/mol. The number of hydrogen-bond acceptors (Lipinski definition) is 3. The van der Waals surface area contributed by atoms with E-state index in [4.69, 9.17) is 0 Å². The number of likely N-dealkylation sites (N-methyl/N-ethyl adjacent to an activating group) is 1. The molecular weight excluding hydrogens is 216 g/mol. The molecule has 0 aromatic rings. The van der Waals surface area contributed by atoms with Gasteiger partial charge in [-0.1, -0.05) is 18.9 Å². The normalized spacial score (nSPS) is 26.6. The van der Waals surface area contributed by atoms with Crippen LogP contribution in [-0.4, -0.2) is 47.7 Å². The molecule has 2 N–H and O–H groups in total. The second kappa shape index (κ2) is 6.77. The number of nitrogens with zero attached hydrogens (tertiary/aromatic N) is 1. The fourth-order valence-electron chi connectivity index (χ4n) is 2.36. The van der Waals surface area contributed by atoms with E-state index in [1.165, 1.54) is 0 Å². The summed E-state index contributed by atoms with van der Waals surface area (Å²) < 4.78 is 0. The van der Waals surface area contributed by atoms with Gasteiger partial charge in [0.15, 0.2) is 0 Å². The quantitative estimate of drug-likeness (QED) is 0.702. The number of aliphatic hydroxyl groups is 1. The van der Waals surface area contributed by atoms with Crippen LogP contribution in [0.5, 0.6) is 0 Å². The van der Waals surface area contributed by atoms with E-state index < -0.39 is 0 Å². The standard InChI is InChI=1S/C13H24N2O2/c1-4-9-14-13(17)10(2)15(3)11-7-5-6-8-12(11)16/h4,10-12,16H,1,5-9H2,2-3H3,(H,14,17). The molecule has 0 bridgehead atoms. The third-order valence-corrected chi connectivity index (χ3v) is 3.63. The van der Waals surface area contributed by atoms with Gasteiger partial charge in [-0.15, -0.1) is 6.58 Å². The van der Waals surface area contributed by atoms with E-state index in [1.807, 2.05) is 18.9 Å². The monoisotopic (exact) mass is 240 g/mol. The van der Waals surface area contributed by atoms with Crippen molar-refractivity contribution in [3.8, 4) is 0 Å². The summed E-state index contributed by atoms with van der Waals surface area (Å²) in [7, 11) is 1.91. The topological polar surface area (TPSA) is 52.6 Å². The van der Waals surface area contributed by atoms with Crippen LogP contribution in [0, 0.1) is 0 Å². The fraction of sp³-hybridized carbons (Fsp3) is 0.769. The maximum Gasteiger partial charge on any atom is 0.237 e. The lowest BCUT2D eigenvalue weighted by Gasteiger charge is -2.38. The van der Waals surface area contributed by atoms with Crippen LogP contribution < -0.4 is 5.32 Å². The SMILES string of the molecule is C=CCNC(=O)C(C)N(C)C1CCCCC1O. The van der Waals surface area contributed by atoms with Gasteiger partial charge in [0.2, 0.25) is 5.91 Å². The molecule has 1 saturated carbocycles. The van der Waals surface area contributed by atoms with Crippen molar-refractivity contribution in [3.63, 3.8) is 0 Å². The highest BCUT2D eigenvalue weighted by atomic mass is 16.3. The summed E-state index contributed by atoms with van der Waals surface area (Å²) >= 11 is 0. The van der Waals surface area contributed by atoms with E-state index >= 15 is 0 Å². The third kappa shape index (κ3) is 3.82. The summed E-state index contributed by atoms with van der Waals surface area (Å²) in [5, 5.41) is 12.7. The lowest BCUT2D eigenvalue weighted by atomic mass is 9.91. The second-order valence-electron chi connectivity index (χ2n) is 4.79. The Balaban J connectivity index is 2.51. The van der Waals surface area contributed by atoms with Gasteiger partial charge in [-0.25, -0.2) is 0 Å². The van der Waals surface area contributed by atoms with Crippen LogP contribution in [0.3, 0.4) is 0 Å². The molecule has 0 spiro atoms. The molecule has 17 heavy (non-hydrogen) atoms. The van der Waals surface area contributed by atoms with Crippen molar-refractivity contribution < 1.29 is 9.90 Å². The summed E-state index contributed by atoms with van der Waals surface area (Å²) in [6.07, 6.45) is 5.39. The first-order valence-corrected chi connectivity index (χ1v) is 6.36. The van der Waals surface area contributed by atoms with Crippen molar-refractivity contribution in [2.45, 2.75) is 50.8 Å². The van der Waals surface area contributed by atoms with Crippen molar-refractivity contribution in [2.75, 3.05) is 13.6 Å². The van der Waals surface area contributed by atoms with Crippen LogP contribution in [0.1, 0.15) is 32.6 Å². The molecule has 3 unspecified atom stereocenters. The maximum atomic E-state index is 11.8. The predicted octanol–water partition coefficient (Wildman–Crippen LogP) is 0.912. The van der Waals surface area contributed by atoms with Crippen molar-refractivity contribution in [1.29, 1.82) is 0 Å². The average Bonchev–Trinajstić information content (AvgIpc) is 2.34. The Kier molecular flexibility index (Phi) is 5.65. The van der Waals surface area contributed by atoms with Crippen molar-refractivity contribution in [2.24, 2.45) is 0 Å². The molecular formula is C13H24N2O2. The molecule has 1 aliphatic carbocycles. The zero-order valence-electron chi connectivity index (χ0n) is 10.9. The van der Waals surface area contributed by atoms with Crippen molar-refractivity contribution >= 4 is 5.91 Å². The Labute approximate surface area is 104 Å². The number of rotatable bonds is 5.